The Bertz CT molecular complexity index is 1210. The molecule has 1 aromatic heterocycles. The van der Waals surface area contributed by atoms with Crippen LogP contribution in [0.1, 0.15) is 63.6 Å². The molecule has 10 heteroatoms. The quantitative estimate of drug-likeness (QED) is 0.246. The van der Waals surface area contributed by atoms with Crippen LogP contribution in [0.2, 0.25) is 0 Å². The van der Waals surface area contributed by atoms with Crippen LogP contribution < -0.4 is 11.5 Å². The maximum absolute atomic E-state index is 13.6. The van der Waals surface area contributed by atoms with Gasteiger partial charge in [-0.1, -0.05) is 12.1 Å². The third-order valence-corrected chi connectivity index (χ3v) is 7.85. The summed E-state index contributed by atoms with van der Waals surface area (Å²) < 4.78 is 7.18. The number of nitrogen functional groups attached to an aromatic ring is 1. The molecule has 2 aromatic rings. The Labute approximate surface area is 223 Å². The molecule has 5 N–H and O–H groups in total. The molecule has 2 aliphatic heterocycles. The number of carbonyl (C=O) groups is 3. The number of aryl methyl sites for hydroxylation is 2. The molecule has 0 bridgehead atoms. The highest BCUT2D eigenvalue weighted by Crippen LogP contribution is 2.29. The molecular formula is C28H40N6O4. The Hall–Kier alpha value is -3.40. The number of likely N-dealkylation sites (tertiary alicyclic amines) is 2. The molecule has 2 aliphatic rings. The number of nitrogens with two attached hydrogens (primary N) is 2. The number of esters is 1. The molecule has 1 aromatic carbocycles. The van der Waals surface area contributed by atoms with Gasteiger partial charge in [0.1, 0.15) is 17.9 Å². The molecule has 0 radical (unpaired) electrons. The first-order valence-corrected chi connectivity index (χ1v) is 13.7. The van der Waals surface area contributed by atoms with Gasteiger partial charge in [-0.05, 0) is 69.9 Å². The fourth-order valence-electron chi connectivity index (χ4n) is 5.95. The van der Waals surface area contributed by atoms with Gasteiger partial charge in [0.05, 0.1) is 13.0 Å². The van der Waals surface area contributed by atoms with E-state index in [9.17, 15) is 14.4 Å². The number of amidine groups is 1. The van der Waals surface area contributed by atoms with Crippen molar-refractivity contribution in [3.05, 3.63) is 35.5 Å². The van der Waals surface area contributed by atoms with E-state index in [1.807, 2.05) is 23.1 Å². The highest BCUT2D eigenvalue weighted by Gasteiger charge is 2.40. The van der Waals surface area contributed by atoms with Crippen LogP contribution in [0.5, 0.6) is 0 Å². The predicted octanol–water partition coefficient (Wildman–Crippen LogP) is 2.14. The van der Waals surface area contributed by atoms with Crippen molar-refractivity contribution < 1.29 is 19.1 Å². The number of aromatic nitrogens is 1. The average Bonchev–Trinajstić information content (AvgIpc) is 3.64. The molecular weight excluding hydrogens is 484 g/mol. The van der Waals surface area contributed by atoms with Crippen molar-refractivity contribution in [2.75, 3.05) is 19.7 Å². The summed E-state index contributed by atoms with van der Waals surface area (Å²) in [5.41, 5.74) is 14.6. The maximum Gasteiger partial charge on any atom is 0.323 e. The number of amides is 2. The Balaban J connectivity index is 1.42. The molecule has 3 heterocycles. The van der Waals surface area contributed by atoms with E-state index < -0.39 is 18.1 Å². The van der Waals surface area contributed by atoms with Gasteiger partial charge < -0.3 is 30.6 Å². The van der Waals surface area contributed by atoms with Gasteiger partial charge in [-0.15, -0.1) is 0 Å². The van der Waals surface area contributed by atoms with E-state index in [4.69, 9.17) is 21.6 Å². The lowest BCUT2D eigenvalue weighted by molar-refractivity contribution is -0.149. The zero-order chi connectivity index (χ0) is 27.4. The van der Waals surface area contributed by atoms with E-state index in [2.05, 4.69) is 17.6 Å². The maximum atomic E-state index is 13.6. The minimum absolute atomic E-state index is 0.00481. The van der Waals surface area contributed by atoms with E-state index in [-0.39, 0.29) is 36.7 Å². The number of hydrogen-bond donors (Lipinski definition) is 3. The summed E-state index contributed by atoms with van der Waals surface area (Å²) >= 11 is 0. The number of fused-ring (bicyclic) bond motifs is 1. The van der Waals surface area contributed by atoms with Crippen LogP contribution >= 0.6 is 0 Å². The van der Waals surface area contributed by atoms with Crippen LogP contribution in [0, 0.1) is 5.41 Å². The van der Waals surface area contributed by atoms with E-state index >= 15 is 0 Å². The molecule has 0 spiro atoms. The van der Waals surface area contributed by atoms with Crippen LogP contribution in [0.3, 0.4) is 0 Å². The Morgan fingerprint density at radius 2 is 1.84 bits per heavy atom. The first-order valence-electron chi connectivity index (χ1n) is 13.7. The molecule has 0 aliphatic carbocycles. The number of rotatable bonds is 10. The number of ether oxygens (including phenoxy) is 1. The second-order valence-corrected chi connectivity index (χ2v) is 10.2. The minimum Gasteiger partial charge on any atom is -0.465 e. The highest BCUT2D eigenvalue weighted by atomic mass is 16.5. The van der Waals surface area contributed by atoms with Crippen LogP contribution in [0.15, 0.2) is 24.3 Å². The Morgan fingerprint density at radius 1 is 1.11 bits per heavy atom. The van der Waals surface area contributed by atoms with Gasteiger partial charge in [-0.2, -0.15) is 0 Å². The predicted molar refractivity (Wildman–Crippen MR) is 146 cm³/mol. The lowest BCUT2D eigenvalue weighted by Crippen LogP contribution is -2.50. The van der Waals surface area contributed by atoms with E-state index in [0.29, 0.717) is 25.1 Å². The van der Waals surface area contributed by atoms with E-state index in [1.54, 1.807) is 11.8 Å². The lowest BCUT2D eigenvalue weighted by atomic mass is 10.1. The summed E-state index contributed by atoms with van der Waals surface area (Å²) in [6.45, 7) is 6.01. The topological polar surface area (TPSA) is 148 Å². The summed E-state index contributed by atoms with van der Waals surface area (Å²) in [5, 5.41) is 8.88. The van der Waals surface area contributed by atoms with Gasteiger partial charge in [0.2, 0.25) is 11.8 Å². The molecule has 206 valence electrons. The Kier molecular flexibility index (Phi) is 8.71. The summed E-state index contributed by atoms with van der Waals surface area (Å²) in [6.07, 6.45) is 4.80. The Morgan fingerprint density at radius 3 is 2.55 bits per heavy atom. The van der Waals surface area contributed by atoms with Crippen molar-refractivity contribution >= 4 is 34.5 Å². The second kappa shape index (κ2) is 12.0. The van der Waals surface area contributed by atoms with Crippen molar-refractivity contribution in [3.8, 4) is 0 Å². The third kappa shape index (κ3) is 5.70. The van der Waals surface area contributed by atoms with E-state index in [1.165, 1.54) is 5.69 Å². The normalized spacial score (nSPS) is 20.2. The third-order valence-electron chi connectivity index (χ3n) is 7.85. The number of hydrogen-bond acceptors (Lipinski definition) is 6. The van der Waals surface area contributed by atoms with Crippen LogP contribution in [-0.4, -0.2) is 75.8 Å². The second-order valence-electron chi connectivity index (χ2n) is 10.2. The lowest BCUT2D eigenvalue weighted by Gasteiger charge is -2.32. The van der Waals surface area contributed by atoms with Crippen LogP contribution in [-0.2, 0) is 32.1 Å². The molecule has 2 saturated heterocycles. The number of nitrogens with zero attached hydrogens (tertiary/aromatic N) is 3. The molecule has 38 heavy (non-hydrogen) atoms. The van der Waals surface area contributed by atoms with Gasteiger partial charge in [-0.25, -0.2) is 0 Å². The zero-order valence-corrected chi connectivity index (χ0v) is 22.4. The number of nitrogens with one attached hydrogen (secondary N) is 1. The molecule has 10 nitrogen and oxygen atoms in total. The zero-order valence-electron chi connectivity index (χ0n) is 22.4. The summed E-state index contributed by atoms with van der Waals surface area (Å²) in [4.78, 5) is 42.1. The fraction of sp³-hybridized carbons (Fsp3) is 0.571. The smallest absolute Gasteiger partial charge is 0.323 e. The molecule has 0 saturated carbocycles. The molecule has 4 rings (SSSR count). The van der Waals surface area contributed by atoms with Crippen LogP contribution in [0.25, 0.3) is 10.9 Å². The van der Waals surface area contributed by atoms with E-state index in [0.717, 1.165) is 49.6 Å². The number of benzene rings is 1. The summed E-state index contributed by atoms with van der Waals surface area (Å²) in [7, 11) is 0. The largest absolute Gasteiger partial charge is 0.465 e. The fourth-order valence-corrected chi connectivity index (χ4v) is 5.95. The van der Waals surface area contributed by atoms with Crippen molar-refractivity contribution in [1.29, 1.82) is 5.41 Å². The molecule has 3 atom stereocenters. The molecule has 2 amide bonds. The van der Waals surface area contributed by atoms with Gasteiger partial charge in [0.25, 0.3) is 0 Å². The van der Waals surface area contributed by atoms with Crippen molar-refractivity contribution in [3.63, 3.8) is 0 Å². The van der Waals surface area contributed by atoms with Crippen molar-refractivity contribution in [2.45, 2.75) is 83.5 Å². The highest BCUT2D eigenvalue weighted by molar-refractivity contribution is 5.98. The summed E-state index contributed by atoms with van der Waals surface area (Å²) in [6, 6.07) is 6.65. The van der Waals surface area contributed by atoms with Gasteiger partial charge in [0.15, 0.2) is 0 Å². The van der Waals surface area contributed by atoms with Crippen molar-refractivity contribution in [1.82, 2.24) is 14.4 Å². The van der Waals surface area contributed by atoms with Gasteiger partial charge >= 0.3 is 5.97 Å². The monoisotopic (exact) mass is 524 g/mol. The number of carbonyl (C=O) groups excluding carboxylic acids is 3. The first kappa shape index (κ1) is 27.6. The summed E-state index contributed by atoms with van der Waals surface area (Å²) in [5.74, 6) is -0.802. The SMILES string of the molecule is CCOC(=O)C(N)CC(=O)N1CCCC1C(=O)N1CCCC1CCc1cc2ccc(C(=N)N)cc2n1CC. The standard InChI is InChI=1S/C28H40N6O4/c1-3-32-21(15-18-9-10-19(26(30)31)16-24(18)32)12-11-20-7-5-13-33(20)27(36)23-8-6-14-34(23)25(35)17-22(29)28(37)38-4-2/h9-10,15-16,20,22-23H,3-8,11-14,17,29H2,1-2H3,(H3,30,31). The average molecular weight is 525 g/mol. The van der Waals surface area contributed by atoms with Gasteiger partial charge in [0, 0.05) is 42.5 Å². The van der Waals surface area contributed by atoms with Crippen LogP contribution in [0.4, 0.5) is 0 Å². The minimum atomic E-state index is -1.02. The van der Waals surface area contributed by atoms with Crippen molar-refractivity contribution in [2.24, 2.45) is 11.5 Å². The first-order chi connectivity index (χ1) is 18.2. The molecule has 3 unspecified atom stereocenters. The van der Waals surface area contributed by atoms with Gasteiger partial charge in [-0.3, -0.25) is 19.8 Å². The molecule has 2 fully saturated rings.